The van der Waals surface area contributed by atoms with Crippen molar-refractivity contribution in [2.75, 3.05) is 0 Å². The maximum absolute atomic E-state index is 13.5. The summed E-state index contributed by atoms with van der Waals surface area (Å²) in [7, 11) is 0. The van der Waals surface area contributed by atoms with Crippen LogP contribution in [0.3, 0.4) is 0 Å². The lowest BCUT2D eigenvalue weighted by Crippen LogP contribution is -2.42. The van der Waals surface area contributed by atoms with Crippen LogP contribution < -0.4 is 10.1 Å². The van der Waals surface area contributed by atoms with E-state index in [9.17, 15) is 9.59 Å². The molecule has 6 heteroatoms. The Balaban J connectivity index is 1.54. The van der Waals surface area contributed by atoms with Crippen molar-refractivity contribution in [2.45, 2.75) is 65.9 Å². The van der Waals surface area contributed by atoms with E-state index in [-0.39, 0.29) is 28.3 Å². The Morgan fingerprint density at radius 3 is 2.06 bits per heavy atom. The minimum atomic E-state index is -0.364. The van der Waals surface area contributed by atoms with E-state index in [0.717, 1.165) is 51.0 Å². The maximum Gasteiger partial charge on any atom is 0.162 e. The first-order chi connectivity index (χ1) is 16.9. The molecule has 4 nitrogen and oxygen atoms in total. The van der Waals surface area contributed by atoms with Crippen LogP contribution in [0.5, 0.6) is 5.75 Å². The second kappa shape index (κ2) is 9.18. The van der Waals surface area contributed by atoms with E-state index in [1.165, 1.54) is 0 Å². The summed E-state index contributed by atoms with van der Waals surface area (Å²) in [5, 5.41) is 4.23. The molecule has 0 unspecified atom stereocenters. The Morgan fingerprint density at radius 1 is 0.917 bits per heavy atom. The molecule has 0 radical (unpaired) electrons. The van der Waals surface area contributed by atoms with Crippen molar-refractivity contribution in [1.29, 1.82) is 0 Å². The van der Waals surface area contributed by atoms with Gasteiger partial charge in [0.1, 0.15) is 12.4 Å². The summed E-state index contributed by atoms with van der Waals surface area (Å²) in [6.07, 6.45) is 2.53. The lowest BCUT2D eigenvalue weighted by Gasteiger charge is -2.44. The molecule has 36 heavy (non-hydrogen) atoms. The third kappa shape index (κ3) is 4.80. The molecule has 0 amide bonds. The van der Waals surface area contributed by atoms with Gasteiger partial charge >= 0.3 is 0 Å². The maximum atomic E-state index is 13.5. The van der Waals surface area contributed by atoms with Crippen LogP contribution in [0.25, 0.3) is 0 Å². The number of nitrogens with one attached hydrogen (secondary N) is 1. The number of hydrogen-bond donors (Lipinski definition) is 1. The second-order valence-corrected chi connectivity index (χ2v) is 13.1. The fraction of sp³-hybridized carbons (Fsp3) is 0.400. The van der Waals surface area contributed by atoms with E-state index in [1.54, 1.807) is 0 Å². The Labute approximate surface area is 226 Å². The van der Waals surface area contributed by atoms with Crippen molar-refractivity contribution in [1.82, 2.24) is 5.32 Å². The smallest absolute Gasteiger partial charge is 0.162 e. The van der Waals surface area contributed by atoms with Crippen LogP contribution in [-0.2, 0) is 16.2 Å². The molecule has 1 heterocycles. The molecule has 5 rings (SSSR count). The zero-order chi connectivity index (χ0) is 25.8. The van der Waals surface area contributed by atoms with E-state index < -0.39 is 0 Å². The van der Waals surface area contributed by atoms with E-state index in [1.807, 2.05) is 42.5 Å². The second-order valence-electron chi connectivity index (χ2n) is 11.8. The van der Waals surface area contributed by atoms with Gasteiger partial charge in [0.2, 0.25) is 0 Å². The average Bonchev–Trinajstić information content (AvgIpc) is 2.76. The zero-order valence-corrected chi connectivity index (χ0v) is 23.5. The van der Waals surface area contributed by atoms with Crippen molar-refractivity contribution in [3.05, 3.63) is 85.6 Å². The summed E-state index contributed by atoms with van der Waals surface area (Å²) in [6, 6.07) is 13.5. The zero-order valence-electron chi connectivity index (χ0n) is 21.1. The Hall–Kier alpha value is -2.37. The van der Waals surface area contributed by atoms with E-state index in [2.05, 4.69) is 48.9 Å². The molecule has 0 saturated carbocycles. The largest absolute Gasteiger partial charge is 0.488 e. The minimum absolute atomic E-state index is 0.114. The monoisotopic (exact) mass is 567 g/mol. The van der Waals surface area contributed by atoms with Crippen LogP contribution in [0.15, 0.2) is 69.5 Å². The Bertz CT molecular complexity index is 1290. The predicted molar refractivity (Wildman–Crippen MR) is 146 cm³/mol. The summed E-state index contributed by atoms with van der Waals surface area (Å²) in [4.78, 5) is 27.0. The van der Waals surface area contributed by atoms with Gasteiger partial charge in [-0.2, -0.15) is 0 Å². The fourth-order valence-corrected chi connectivity index (χ4v) is 6.51. The molecule has 0 atom stereocenters. The molecule has 188 valence electrons. The molecule has 2 aliphatic carbocycles. The summed E-state index contributed by atoms with van der Waals surface area (Å²) in [5.74, 6) is 0.566. The van der Waals surface area contributed by atoms with Crippen LogP contribution >= 0.6 is 27.5 Å². The highest BCUT2D eigenvalue weighted by Crippen LogP contribution is 2.51. The van der Waals surface area contributed by atoms with Crippen molar-refractivity contribution >= 4 is 39.1 Å². The number of ketones is 2. The third-order valence-corrected chi connectivity index (χ3v) is 8.34. The van der Waals surface area contributed by atoms with Crippen molar-refractivity contribution in [3.8, 4) is 5.75 Å². The van der Waals surface area contributed by atoms with Gasteiger partial charge in [-0.15, -0.1) is 0 Å². The highest BCUT2D eigenvalue weighted by atomic mass is 79.9. The van der Waals surface area contributed by atoms with Gasteiger partial charge in [0, 0.05) is 51.9 Å². The number of Topliss-reactive ketones (excluding diaryl/α,β-unsaturated/α-hetero) is 2. The molecule has 0 spiro atoms. The molecule has 0 saturated heterocycles. The molecule has 0 bridgehead atoms. The number of benzene rings is 2. The van der Waals surface area contributed by atoms with Gasteiger partial charge in [0.05, 0.1) is 4.47 Å². The highest BCUT2D eigenvalue weighted by Gasteiger charge is 2.46. The Kier molecular flexibility index (Phi) is 6.45. The molecule has 2 aromatic rings. The average molecular weight is 569 g/mol. The number of ether oxygens (including phenoxy) is 1. The molecule has 0 fully saturated rings. The van der Waals surface area contributed by atoms with E-state index in [4.69, 9.17) is 16.3 Å². The lowest BCUT2D eigenvalue weighted by molar-refractivity contribution is -0.119. The normalized spacial score (nSPS) is 21.2. The van der Waals surface area contributed by atoms with Crippen LogP contribution in [-0.4, -0.2) is 11.6 Å². The fourth-order valence-electron chi connectivity index (χ4n) is 5.81. The first-order valence-corrected chi connectivity index (χ1v) is 13.6. The summed E-state index contributed by atoms with van der Waals surface area (Å²) >= 11 is 9.96. The highest BCUT2D eigenvalue weighted by molar-refractivity contribution is 9.10. The lowest BCUT2D eigenvalue weighted by atomic mass is 9.64. The number of carbonyl (C=O) groups is 2. The van der Waals surface area contributed by atoms with E-state index >= 15 is 0 Å². The van der Waals surface area contributed by atoms with Gasteiger partial charge in [-0.1, -0.05) is 63.6 Å². The molecule has 1 N–H and O–H groups in total. The number of halogens is 2. The van der Waals surface area contributed by atoms with Gasteiger partial charge in [-0.05, 0) is 63.4 Å². The van der Waals surface area contributed by atoms with Gasteiger partial charge in [-0.3, -0.25) is 9.59 Å². The van der Waals surface area contributed by atoms with Crippen LogP contribution in [0.2, 0.25) is 5.02 Å². The standard InChI is InChI=1S/C30H31BrClNO3/c1-29(2)12-21-27(23(34)14-29)26(28-22(33-21)13-30(3,4)15-24(28)35)17-9-10-25(19(31)11-17)36-16-18-7-5-6-8-20(18)32/h5-11,26,33H,12-16H2,1-4H3. The van der Waals surface area contributed by atoms with Gasteiger partial charge in [0.15, 0.2) is 11.6 Å². The third-order valence-electron chi connectivity index (χ3n) is 7.35. The first kappa shape index (κ1) is 25.3. The predicted octanol–water partition coefficient (Wildman–Crippen LogP) is 7.65. The van der Waals surface area contributed by atoms with Gasteiger partial charge in [0.25, 0.3) is 0 Å². The van der Waals surface area contributed by atoms with Crippen molar-refractivity contribution in [3.63, 3.8) is 0 Å². The molecular formula is C30H31BrClNO3. The van der Waals surface area contributed by atoms with Crippen molar-refractivity contribution in [2.24, 2.45) is 10.8 Å². The quantitative estimate of drug-likeness (QED) is 0.411. The van der Waals surface area contributed by atoms with Crippen LogP contribution in [0, 0.1) is 10.8 Å². The molecule has 1 aliphatic heterocycles. The number of rotatable bonds is 4. The molecule has 0 aromatic heterocycles. The number of carbonyl (C=O) groups excluding carboxylic acids is 2. The van der Waals surface area contributed by atoms with E-state index in [0.29, 0.717) is 30.2 Å². The number of hydrogen-bond acceptors (Lipinski definition) is 4. The Morgan fingerprint density at radius 2 is 1.50 bits per heavy atom. The van der Waals surface area contributed by atoms with Gasteiger partial charge < -0.3 is 10.1 Å². The molecule has 3 aliphatic rings. The topological polar surface area (TPSA) is 55.4 Å². The molecule has 2 aromatic carbocycles. The van der Waals surface area contributed by atoms with Crippen LogP contribution in [0.4, 0.5) is 0 Å². The number of dihydropyridines is 1. The summed E-state index contributed by atoms with van der Waals surface area (Å²) < 4.78 is 6.83. The minimum Gasteiger partial charge on any atom is -0.488 e. The van der Waals surface area contributed by atoms with Gasteiger partial charge in [-0.25, -0.2) is 0 Å². The van der Waals surface area contributed by atoms with Crippen molar-refractivity contribution < 1.29 is 14.3 Å². The SMILES string of the molecule is CC1(C)CC(=O)C2=C(C1)NC1=C(C(=O)CC(C)(C)C1)C2c1ccc(OCc2ccccc2Cl)c(Br)c1. The van der Waals surface area contributed by atoms with Crippen LogP contribution in [0.1, 0.15) is 70.4 Å². The molecular weight excluding hydrogens is 538 g/mol. The number of allylic oxidation sites excluding steroid dienone is 4. The first-order valence-electron chi connectivity index (χ1n) is 12.4. The summed E-state index contributed by atoms with van der Waals surface area (Å²) in [6.45, 7) is 8.87. The summed E-state index contributed by atoms with van der Waals surface area (Å²) in [5.41, 5.74) is 5.04.